The summed E-state index contributed by atoms with van der Waals surface area (Å²) in [5.74, 6) is 0.435. The Morgan fingerprint density at radius 3 is 2.57 bits per heavy atom. The van der Waals surface area contributed by atoms with Crippen molar-refractivity contribution in [3.05, 3.63) is 0 Å². The lowest BCUT2D eigenvalue weighted by atomic mass is 9.98. The Balaban J connectivity index is 2.04. The van der Waals surface area contributed by atoms with Gasteiger partial charge in [-0.25, -0.2) is 0 Å². The summed E-state index contributed by atoms with van der Waals surface area (Å²) in [5, 5.41) is 0. The molecule has 2 heteroatoms. The van der Waals surface area contributed by atoms with Crippen LogP contribution >= 0.6 is 0 Å². The van der Waals surface area contributed by atoms with E-state index in [9.17, 15) is 4.79 Å². The molecule has 0 spiro atoms. The largest absolute Gasteiger partial charge is 0.462 e. The average molecular weight is 198 g/mol. The number of esters is 1. The van der Waals surface area contributed by atoms with Crippen LogP contribution in [0, 0.1) is 5.92 Å². The SMILES string of the molecule is CCCCCCCC1OC(=O)CC1C. The van der Waals surface area contributed by atoms with Crippen molar-refractivity contribution in [3.63, 3.8) is 0 Å². The summed E-state index contributed by atoms with van der Waals surface area (Å²) in [7, 11) is 0. The van der Waals surface area contributed by atoms with Gasteiger partial charge in [0.1, 0.15) is 6.10 Å². The van der Waals surface area contributed by atoms with Crippen LogP contribution in [0.4, 0.5) is 0 Å². The summed E-state index contributed by atoms with van der Waals surface area (Å²) in [4.78, 5) is 11.0. The summed E-state index contributed by atoms with van der Waals surface area (Å²) >= 11 is 0. The molecule has 0 amide bonds. The molecule has 2 atom stereocenters. The topological polar surface area (TPSA) is 26.3 Å². The smallest absolute Gasteiger partial charge is 0.306 e. The first-order chi connectivity index (χ1) is 6.74. The molecule has 0 aromatic carbocycles. The molecule has 2 nitrogen and oxygen atoms in total. The van der Waals surface area contributed by atoms with Crippen molar-refractivity contribution in [2.75, 3.05) is 0 Å². The van der Waals surface area contributed by atoms with E-state index in [1.807, 2.05) is 0 Å². The Hall–Kier alpha value is -0.530. The predicted octanol–water partition coefficient (Wildman–Crippen LogP) is 3.30. The minimum atomic E-state index is -0.00365. The molecule has 14 heavy (non-hydrogen) atoms. The Labute approximate surface area is 87.0 Å². The maximum atomic E-state index is 11.0. The van der Waals surface area contributed by atoms with Gasteiger partial charge in [0.15, 0.2) is 0 Å². The minimum absolute atomic E-state index is 0.00365. The van der Waals surface area contributed by atoms with E-state index in [0.717, 1.165) is 6.42 Å². The third-order valence-electron chi connectivity index (χ3n) is 3.00. The van der Waals surface area contributed by atoms with Crippen LogP contribution in [-0.2, 0) is 9.53 Å². The van der Waals surface area contributed by atoms with Crippen molar-refractivity contribution in [1.82, 2.24) is 0 Å². The van der Waals surface area contributed by atoms with Crippen molar-refractivity contribution in [2.24, 2.45) is 5.92 Å². The zero-order chi connectivity index (χ0) is 10.4. The van der Waals surface area contributed by atoms with Crippen molar-refractivity contribution < 1.29 is 9.53 Å². The van der Waals surface area contributed by atoms with Crippen molar-refractivity contribution in [3.8, 4) is 0 Å². The molecule has 0 radical (unpaired) electrons. The number of carbonyl (C=O) groups excluding carboxylic acids is 1. The van der Waals surface area contributed by atoms with E-state index in [4.69, 9.17) is 4.74 Å². The van der Waals surface area contributed by atoms with Gasteiger partial charge < -0.3 is 4.74 Å². The molecule has 1 saturated heterocycles. The first-order valence-electron chi connectivity index (χ1n) is 5.93. The molecule has 0 aliphatic carbocycles. The van der Waals surface area contributed by atoms with E-state index < -0.39 is 0 Å². The highest BCUT2D eigenvalue weighted by Crippen LogP contribution is 2.25. The van der Waals surface area contributed by atoms with Gasteiger partial charge in [-0.05, 0) is 12.8 Å². The number of cyclic esters (lactones) is 1. The molecule has 0 bridgehead atoms. The van der Waals surface area contributed by atoms with Crippen molar-refractivity contribution in [1.29, 1.82) is 0 Å². The van der Waals surface area contributed by atoms with Crippen LogP contribution in [0.2, 0.25) is 0 Å². The number of unbranched alkanes of at least 4 members (excludes halogenated alkanes) is 4. The van der Waals surface area contributed by atoms with Gasteiger partial charge in [-0.3, -0.25) is 4.79 Å². The molecule has 1 rings (SSSR count). The highest BCUT2D eigenvalue weighted by atomic mass is 16.5. The molecule has 82 valence electrons. The van der Waals surface area contributed by atoms with Crippen LogP contribution < -0.4 is 0 Å². The molecule has 0 aromatic heterocycles. The van der Waals surface area contributed by atoms with Crippen LogP contribution in [0.3, 0.4) is 0 Å². The van der Waals surface area contributed by atoms with Gasteiger partial charge in [-0.15, -0.1) is 0 Å². The van der Waals surface area contributed by atoms with E-state index in [0.29, 0.717) is 12.3 Å². The molecular formula is C12H22O2. The number of hydrogen-bond donors (Lipinski definition) is 0. The fourth-order valence-corrected chi connectivity index (χ4v) is 2.02. The fraction of sp³-hybridized carbons (Fsp3) is 0.917. The molecule has 0 saturated carbocycles. The maximum absolute atomic E-state index is 11.0. The van der Waals surface area contributed by atoms with E-state index in [2.05, 4.69) is 13.8 Å². The summed E-state index contributed by atoms with van der Waals surface area (Å²) in [6.07, 6.45) is 8.34. The molecule has 1 aliphatic rings. The Morgan fingerprint density at radius 2 is 2.00 bits per heavy atom. The van der Waals surface area contributed by atoms with Crippen LogP contribution in [0.1, 0.15) is 58.8 Å². The van der Waals surface area contributed by atoms with Crippen molar-refractivity contribution >= 4 is 5.97 Å². The van der Waals surface area contributed by atoms with E-state index >= 15 is 0 Å². The van der Waals surface area contributed by atoms with E-state index in [1.54, 1.807) is 0 Å². The van der Waals surface area contributed by atoms with Gasteiger partial charge in [-0.1, -0.05) is 39.5 Å². The fourth-order valence-electron chi connectivity index (χ4n) is 2.02. The first kappa shape index (κ1) is 11.5. The summed E-state index contributed by atoms with van der Waals surface area (Å²) in [6.45, 7) is 4.34. The summed E-state index contributed by atoms with van der Waals surface area (Å²) < 4.78 is 5.24. The van der Waals surface area contributed by atoms with Crippen LogP contribution in [0.25, 0.3) is 0 Å². The van der Waals surface area contributed by atoms with Gasteiger partial charge in [-0.2, -0.15) is 0 Å². The molecule has 1 fully saturated rings. The lowest BCUT2D eigenvalue weighted by molar-refractivity contribution is -0.141. The second kappa shape index (κ2) is 6.05. The average Bonchev–Trinajstić information content (AvgIpc) is 2.45. The van der Waals surface area contributed by atoms with Crippen LogP contribution in [0.15, 0.2) is 0 Å². The standard InChI is InChI=1S/C12H22O2/c1-3-4-5-6-7-8-11-10(2)9-12(13)14-11/h10-11H,3-9H2,1-2H3. The molecule has 1 aliphatic heterocycles. The summed E-state index contributed by atoms with van der Waals surface area (Å²) in [6, 6.07) is 0. The van der Waals surface area contributed by atoms with Gasteiger partial charge >= 0.3 is 5.97 Å². The highest BCUT2D eigenvalue weighted by molar-refractivity contribution is 5.71. The molecular weight excluding hydrogens is 176 g/mol. The summed E-state index contributed by atoms with van der Waals surface area (Å²) in [5.41, 5.74) is 0. The monoisotopic (exact) mass is 198 g/mol. The third-order valence-corrected chi connectivity index (χ3v) is 3.00. The first-order valence-corrected chi connectivity index (χ1v) is 5.93. The lowest BCUT2D eigenvalue weighted by Crippen LogP contribution is -2.13. The highest BCUT2D eigenvalue weighted by Gasteiger charge is 2.30. The zero-order valence-corrected chi connectivity index (χ0v) is 9.42. The molecule has 2 unspecified atom stereocenters. The second-order valence-corrected chi connectivity index (χ2v) is 4.41. The Bertz CT molecular complexity index is 177. The third kappa shape index (κ3) is 3.69. The molecule has 0 N–H and O–H groups in total. The van der Waals surface area contributed by atoms with E-state index in [1.165, 1.54) is 32.1 Å². The molecule has 1 heterocycles. The number of carbonyl (C=O) groups is 1. The quantitative estimate of drug-likeness (QED) is 0.483. The number of hydrogen-bond acceptors (Lipinski definition) is 2. The van der Waals surface area contributed by atoms with Crippen LogP contribution in [-0.4, -0.2) is 12.1 Å². The van der Waals surface area contributed by atoms with Gasteiger partial charge in [0.25, 0.3) is 0 Å². The Kier molecular flexibility index (Phi) is 4.99. The maximum Gasteiger partial charge on any atom is 0.306 e. The number of ether oxygens (including phenoxy) is 1. The second-order valence-electron chi connectivity index (χ2n) is 4.41. The van der Waals surface area contributed by atoms with Gasteiger partial charge in [0.05, 0.1) is 6.42 Å². The van der Waals surface area contributed by atoms with Gasteiger partial charge in [0, 0.05) is 5.92 Å². The van der Waals surface area contributed by atoms with E-state index in [-0.39, 0.29) is 12.1 Å². The predicted molar refractivity (Wildman–Crippen MR) is 57.0 cm³/mol. The van der Waals surface area contributed by atoms with Gasteiger partial charge in [0.2, 0.25) is 0 Å². The minimum Gasteiger partial charge on any atom is -0.462 e. The number of rotatable bonds is 6. The van der Waals surface area contributed by atoms with Crippen molar-refractivity contribution in [2.45, 2.75) is 64.9 Å². The zero-order valence-electron chi connectivity index (χ0n) is 9.42. The Morgan fingerprint density at radius 1 is 1.29 bits per heavy atom. The van der Waals surface area contributed by atoms with Crippen LogP contribution in [0.5, 0.6) is 0 Å². The normalized spacial score (nSPS) is 26.6. The molecule has 0 aromatic rings. The lowest BCUT2D eigenvalue weighted by Gasteiger charge is -2.12.